The number of fused-ring (bicyclic) bond motifs is 1. The molecule has 2 N–H and O–H groups in total. The number of rotatable bonds is 4. The summed E-state index contributed by atoms with van der Waals surface area (Å²) in [6.07, 6.45) is 5.41. The summed E-state index contributed by atoms with van der Waals surface area (Å²) >= 11 is 0. The number of pyridine rings is 1. The molecule has 0 bridgehead atoms. The van der Waals surface area contributed by atoms with Crippen molar-refractivity contribution in [2.75, 3.05) is 0 Å². The van der Waals surface area contributed by atoms with Crippen molar-refractivity contribution in [1.82, 2.24) is 10.3 Å². The van der Waals surface area contributed by atoms with Gasteiger partial charge in [-0.2, -0.15) is 0 Å². The minimum Gasteiger partial charge on any atom is -0.364 e. The van der Waals surface area contributed by atoms with Crippen LogP contribution in [0, 0.1) is 5.82 Å². The highest BCUT2D eigenvalue weighted by Crippen LogP contribution is 2.16. The van der Waals surface area contributed by atoms with Gasteiger partial charge in [0.25, 0.3) is 0 Å². The minimum absolute atomic E-state index is 0.0110. The Morgan fingerprint density at radius 3 is 2.78 bits per heavy atom. The summed E-state index contributed by atoms with van der Waals surface area (Å²) in [7, 11) is 0. The lowest BCUT2D eigenvalue weighted by Gasteiger charge is -2.15. The van der Waals surface area contributed by atoms with E-state index in [0.29, 0.717) is 11.1 Å². The summed E-state index contributed by atoms with van der Waals surface area (Å²) in [5, 5.41) is 2.66. The SMILES string of the molecule is O=C(Cc1c[nH]c2c(c1=O)CCCC2)NCc1ccccc1F. The van der Waals surface area contributed by atoms with Crippen LogP contribution in [0.1, 0.15) is 35.2 Å². The van der Waals surface area contributed by atoms with Crippen LogP contribution in [-0.2, 0) is 30.6 Å². The van der Waals surface area contributed by atoms with Crippen molar-refractivity contribution < 1.29 is 9.18 Å². The Kier molecular flexibility index (Phi) is 4.55. The molecule has 120 valence electrons. The molecule has 0 radical (unpaired) electrons. The second-order valence-electron chi connectivity index (χ2n) is 5.85. The molecule has 4 nitrogen and oxygen atoms in total. The van der Waals surface area contributed by atoms with E-state index in [0.717, 1.165) is 36.9 Å². The molecule has 23 heavy (non-hydrogen) atoms. The molecule has 1 aromatic carbocycles. The van der Waals surface area contributed by atoms with E-state index in [1.54, 1.807) is 24.4 Å². The van der Waals surface area contributed by atoms with Crippen molar-refractivity contribution >= 4 is 5.91 Å². The van der Waals surface area contributed by atoms with Gasteiger partial charge in [0.05, 0.1) is 6.42 Å². The molecule has 3 rings (SSSR count). The van der Waals surface area contributed by atoms with Crippen LogP contribution < -0.4 is 10.7 Å². The van der Waals surface area contributed by atoms with Crippen LogP contribution in [-0.4, -0.2) is 10.9 Å². The van der Waals surface area contributed by atoms with E-state index >= 15 is 0 Å². The molecule has 1 aromatic heterocycles. The molecular weight excluding hydrogens is 295 g/mol. The van der Waals surface area contributed by atoms with Crippen molar-refractivity contribution in [3.63, 3.8) is 0 Å². The highest BCUT2D eigenvalue weighted by molar-refractivity contribution is 5.78. The van der Waals surface area contributed by atoms with Crippen molar-refractivity contribution in [2.24, 2.45) is 0 Å². The second kappa shape index (κ2) is 6.77. The Bertz CT molecular complexity index is 783. The number of hydrogen-bond donors (Lipinski definition) is 2. The summed E-state index contributed by atoms with van der Waals surface area (Å²) in [4.78, 5) is 27.6. The highest BCUT2D eigenvalue weighted by atomic mass is 19.1. The van der Waals surface area contributed by atoms with Crippen LogP contribution in [0.15, 0.2) is 35.3 Å². The molecule has 0 saturated carbocycles. The largest absolute Gasteiger partial charge is 0.364 e. The van der Waals surface area contributed by atoms with Crippen LogP contribution in [0.5, 0.6) is 0 Å². The predicted octanol–water partition coefficient (Wildman–Crippen LogP) is 2.25. The average Bonchev–Trinajstić information content (AvgIpc) is 2.57. The molecular formula is C18H19FN2O2. The maximum atomic E-state index is 13.5. The Hall–Kier alpha value is -2.43. The van der Waals surface area contributed by atoms with Gasteiger partial charge in [0, 0.05) is 35.1 Å². The third-order valence-corrected chi connectivity index (χ3v) is 4.24. The third kappa shape index (κ3) is 3.50. The molecule has 5 heteroatoms. The van der Waals surface area contributed by atoms with Crippen LogP contribution in [0.4, 0.5) is 4.39 Å². The van der Waals surface area contributed by atoms with Crippen molar-refractivity contribution in [2.45, 2.75) is 38.6 Å². The third-order valence-electron chi connectivity index (χ3n) is 4.24. The monoisotopic (exact) mass is 314 g/mol. The zero-order chi connectivity index (χ0) is 16.2. The molecule has 0 atom stereocenters. The minimum atomic E-state index is -0.348. The summed E-state index contributed by atoms with van der Waals surface area (Å²) in [6.45, 7) is 0.119. The fourth-order valence-electron chi connectivity index (χ4n) is 2.95. The number of amides is 1. The second-order valence-corrected chi connectivity index (χ2v) is 5.85. The normalized spacial score (nSPS) is 13.4. The average molecular weight is 314 g/mol. The van der Waals surface area contributed by atoms with E-state index in [9.17, 15) is 14.0 Å². The molecule has 0 unspecified atom stereocenters. The number of aromatic amines is 1. The summed E-state index contributed by atoms with van der Waals surface area (Å²) < 4.78 is 13.5. The Morgan fingerprint density at radius 2 is 1.96 bits per heavy atom. The fourth-order valence-corrected chi connectivity index (χ4v) is 2.95. The molecule has 0 saturated heterocycles. The topological polar surface area (TPSA) is 62.0 Å². The van der Waals surface area contributed by atoms with Gasteiger partial charge in [-0.3, -0.25) is 9.59 Å². The van der Waals surface area contributed by atoms with E-state index in [2.05, 4.69) is 10.3 Å². The molecule has 1 aliphatic rings. The number of aryl methyl sites for hydroxylation is 1. The molecule has 0 aliphatic heterocycles. The number of benzene rings is 1. The first kappa shape index (κ1) is 15.5. The fraction of sp³-hybridized carbons (Fsp3) is 0.333. The van der Waals surface area contributed by atoms with Crippen LogP contribution in [0.3, 0.4) is 0 Å². The standard InChI is InChI=1S/C18H19FN2O2/c19-15-7-3-1-5-12(15)10-21-17(22)9-13-11-20-16-8-4-2-6-14(16)18(13)23/h1,3,5,7,11H,2,4,6,8-10H2,(H,20,23)(H,21,22). The van der Waals surface area contributed by atoms with Gasteiger partial charge in [-0.1, -0.05) is 18.2 Å². The zero-order valence-electron chi connectivity index (χ0n) is 12.8. The van der Waals surface area contributed by atoms with E-state index in [1.807, 2.05) is 0 Å². The first-order valence-corrected chi connectivity index (χ1v) is 7.87. The lowest BCUT2D eigenvalue weighted by atomic mass is 9.94. The van der Waals surface area contributed by atoms with E-state index in [1.165, 1.54) is 6.07 Å². The molecule has 1 amide bonds. The lowest BCUT2D eigenvalue weighted by Crippen LogP contribution is -2.29. The van der Waals surface area contributed by atoms with Gasteiger partial charge in [-0.15, -0.1) is 0 Å². The quantitative estimate of drug-likeness (QED) is 0.909. The summed E-state index contributed by atoms with van der Waals surface area (Å²) in [5.74, 6) is -0.631. The van der Waals surface area contributed by atoms with Gasteiger partial charge in [0.15, 0.2) is 5.43 Å². The van der Waals surface area contributed by atoms with Gasteiger partial charge in [-0.05, 0) is 31.7 Å². The maximum absolute atomic E-state index is 13.5. The lowest BCUT2D eigenvalue weighted by molar-refractivity contribution is -0.120. The molecule has 1 aliphatic carbocycles. The van der Waals surface area contributed by atoms with E-state index in [4.69, 9.17) is 0 Å². The molecule has 0 fully saturated rings. The van der Waals surface area contributed by atoms with E-state index < -0.39 is 0 Å². The van der Waals surface area contributed by atoms with Crippen molar-refractivity contribution in [3.8, 4) is 0 Å². The van der Waals surface area contributed by atoms with Gasteiger partial charge in [0.2, 0.25) is 5.91 Å². The molecule has 1 heterocycles. The molecule has 2 aromatic rings. The maximum Gasteiger partial charge on any atom is 0.224 e. The Labute approximate surface area is 133 Å². The molecule has 0 spiro atoms. The van der Waals surface area contributed by atoms with Crippen molar-refractivity contribution in [1.29, 1.82) is 0 Å². The first-order valence-electron chi connectivity index (χ1n) is 7.87. The number of carbonyl (C=O) groups excluding carboxylic acids is 1. The summed E-state index contributed by atoms with van der Waals surface area (Å²) in [6, 6.07) is 6.31. The van der Waals surface area contributed by atoms with Gasteiger partial charge >= 0.3 is 0 Å². The van der Waals surface area contributed by atoms with Crippen LogP contribution in [0.25, 0.3) is 0 Å². The smallest absolute Gasteiger partial charge is 0.224 e. The number of H-pyrrole nitrogens is 1. The van der Waals surface area contributed by atoms with Gasteiger partial charge < -0.3 is 10.3 Å². The Morgan fingerprint density at radius 1 is 1.17 bits per heavy atom. The van der Waals surface area contributed by atoms with Gasteiger partial charge in [-0.25, -0.2) is 4.39 Å². The zero-order valence-corrected chi connectivity index (χ0v) is 12.8. The number of hydrogen-bond acceptors (Lipinski definition) is 2. The van der Waals surface area contributed by atoms with Crippen molar-refractivity contribution in [3.05, 3.63) is 68.9 Å². The predicted molar refractivity (Wildman–Crippen MR) is 85.7 cm³/mol. The number of carbonyl (C=O) groups is 1. The highest BCUT2D eigenvalue weighted by Gasteiger charge is 2.16. The van der Waals surface area contributed by atoms with Crippen LogP contribution in [0.2, 0.25) is 0 Å². The van der Waals surface area contributed by atoms with Gasteiger partial charge in [0.1, 0.15) is 5.82 Å². The summed E-state index contributed by atoms with van der Waals surface area (Å²) in [5.41, 5.74) is 2.68. The van der Waals surface area contributed by atoms with Crippen LogP contribution >= 0.6 is 0 Å². The number of halogens is 1. The number of nitrogens with one attached hydrogen (secondary N) is 2. The number of aromatic nitrogens is 1. The van der Waals surface area contributed by atoms with E-state index in [-0.39, 0.29) is 30.1 Å². The Balaban J connectivity index is 1.66. The first-order chi connectivity index (χ1) is 11.1.